The Balaban J connectivity index is 1.69. The van der Waals surface area contributed by atoms with E-state index in [1.165, 1.54) is 0 Å². The van der Waals surface area contributed by atoms with Crippen molar-refractivity contribution < 1.29 is 9.90 Å². The van der Waals surface area contributed by atoms with Crippen molar-refractivity contribution in [2.75, 3.05) is 5.73 Å². The van der Waals surface area contributed by atoms with Crippen LogP contribution in [0.5, 0.6) is 0 Å². The van der Waals surface area contributed by atoms with Crippen molar-refractivity contribution in [1.29, 1.82) is 0 Å². The van der Waals surface area contributed by atoms with E-state index in [4.69, 9.17) is 17.3 Å². The predicted molar refractivity (Wildman–Crippen MR) is 112 cm³/mol. The Labute approximate surface area is 169 Å². The highest BCUT2D eigenvalue weighted by atomic mass is 35.5. The molecule has 0 radical (unpaired) electrons. The Kier molecular flexibility index (Phi) is 4.82. The van der Waals surface area contributed by atoms with Crippen molar-refractivity contribution in [3.05, 3.63) is 71.4 Å². The highest BCUT2D eigenvalue weighted by Gasteiger charge is 2.42. The monoisotopic (exact) mass is 392 g/mol. The molecule has 1 saturated carbocycles. The second kappa shape index (κ2) is 7.28. The Morgan fingerprint density at radius 2 is 1.57 bits per heavy atom. The number of carboxylic acids is 1. The van der Waals surface area contributed by atoms with Crippen LogP contribution in [0, 0.1) is 0 Å². The molecule has 5 heteroatoms. The van der Waals surface area contributed by atoms with E-state index in [0.717, 1.165) is 40.7 Å². The van der Waals surface area contributed by atoms with Gasteiger partial charge in [0, 0.05) is 22.3 Å². The molecule has 1 fully saturated rings. The van der Waals surface area contributed by atoms with Gasteiger partial charge in [-0.25, -0.2) is 4.98 Å². The number of nitrogens with zero attached hydrogens (tertiary/aromatic N) is 1. The smallest absolute Gasteiger partial charge is 0.314 e. The maximum atomic E-state index is 11.9. The maximum Gasteiger partial charge on any atom is 0.314 e. The number of benzene rings is 2. The molecule has 1 aromatic heterocycles. The van der Waals surface area contributed by atoms with E-state index in [2.05, 4.69) is 4.98 Å². The molecule has 0 unspecified atom stereocenters. The summed E-state index contributed by atoms with van der Waals surface area (Å²) in [5, 5.41) is 10.5. The van der Waals surface area contributed by atoms with Gasteiger partial charge in [-0.15, -0.1) is 0 Å². The minimum atomic E-state index is -0.744. The van der Waals surface area contributed by atoms with E-state index in [-0.39, 0.29) is 0 Å². The summed E-state index contributed by atoms with van der Waals surface area (Å²) in [7, 11) is 0. The molecule has 142 valence electrons. The first-order valence-corrected chi connectivity index (χ1v) is 9.73. The number of rotatable bonds is 4. The van der Waals surface area contributed by atoms with Gasteiger partial charge in [0.05, 0.1) is 5.41 Å². The van der Waals surface area contributed by atoms with Gasteiger partial charge in [-0.1, -0.05) is 60.8 Å². The highest BCUT2D eigenvalue weighted by molar-refractivity contribution is 6.30. The molecule has 0 atom stereocenters. The van der Waals surface area contributed by atoms with Crippen molar-refractivity contribution in [3.8, 4) is 22.3 Å². The normalized spacial score (nSPS) is 15.5. The van der Waals surface area contributed by atoms with Crippen molar-refractivity contribution in [3.63, 3.8) is 0 Å². The number of pyridine rings is 1. The third-order valence-corrected chi connectivity index (χ3v) is 5.96. The van der Waals surface area contributed by atoms with Gasteiger partial charge in [0.1, 0.15) is 5.82 Å². The number of aliphatic carboxylic acids is 1. The molecule has 1 aliphatic rings. The standard InChI is InChI=1S/C23H21ClN2O2/c24-19-9-5-16(6-10-19)20-13-17(14-26-21(20)25)15-3-7-18(8-4-15)23(22(27)28)11-1-2-12-23/h3-10,13-14H,1-2,11-12H2,(H2,25,26)(H,27,28). The van der Waals surface area contributed by atoms with Crippen LogP contribution >= 0.6 is 11.6 Å². The van der Waals surface area contributed by atoms with Crippen LogP contribution in [-0.2, 0) is 10.2 Å². The van der Waals surface area contributed by atoms with E-state index in [1.807, 2.05) is 54.6 Å². The number of halogens is 1. The first-order valence-electron chi connectivity index (χ1n) is 9.35. The SMILES string of the molecule is Nc1ncc(-c2ccc(C3(C(=O)O)CCCC3)cc2)cc1-c1ccc(Cl)cc1. The molecular formula is C23H21ClN2O2. The minimum Gasteiger partial charge on any atom is -0.481 e. The lowest BCUT2D eigenvalue weighted by Gasteiger charge is -2.24. The first-order chi connectivity index (χ1) is 13.5. The number of hydrogen-bond donors (Lipinski definition) is 2. The van der Waals surface area contributed by atoms with Gasteiger partial charge in [0.25, 0.3) is 0 Å². The average molecular weight is 393 g/mol. The van der Waals surface area contributed by atoms with Gasteiger partial charge in [-0.3, -0.25) is 4.79 Å². The van der Waals surface area contributed by atoms with Crippen LogP contribution in [0.3, 0.4) is 0 Å². The molecule has 0 aliphatic heterocycles. The van der Waals surface area contributed by atoms with Crippen LogP contribution in [0.1, 0.15) is 31.2 Å². The fourth-order valence-corrected chi connectivity index (χ4v) is 4.21. The summed E-state index contributed by atoms with van der Waals surface area (Å²) in [6.07, 6.45) is 5.06. The number of nitrogens with two attached hydrogens (primary N) is 1. The largest absolute Gasteiger partial charge is 0.481 e. The Bertz CT molecular complexity index is 1010. The number of aromatic nitrogens is 1. The van der Waals surface area contributed by atoms with E-state index in [9.17, 15) is 9.90 Å². The van der Waals surface area contributed by atoms with Crippen LogP contribution < -0.4 is 5.73 Å². The third-order valence-electron chi connectivity index (χ3n) is 5.71. The number of hydrogen-bond acceptors (Lipinski definition) is 3. The average Bonchev–Trinajstić information content (AvgIpc) is 3.21. The second-order valence-corrected chi connectivity index (χ2v) is 7.77. The molecule has 1 heterocycles. The molecule has 3 aromatic rings. The molecule has 0 saturated heterocycles. The summed E-state index contributed by atoms with van der Waals surface area (Å²) < 4.78 is 0. The van der Waals surface area contributed by atoms with Crippen LogP contribution in [0.25, 0.3) is 22.3 Å². The van der Waals surface area contributed by atoms with Gasteiger partial charge in [0.15, 0.2) is 0 Å². The summed E-state index contributed by atoms with van der Waals surface area (Å²) in [4.78, 5) is 16.3. The van der Waals surface area contributed by atoms with Gasteiger partial charge in [-0.2, -0.15) is 0 Å². The van der Waals surface area contributed by atoms with Crippen LogP contribution in [0.2, 0.25) is 5.02 Å². The highest BCUT2D eigenvalue weighted by Crippen LogP contribution is 2.42. The molecule has 0 bridgehead atoms. The summed E-state index contributed by atoms with van der Waals surface area (Å²) in [6.45, 7) is 0. The second-order valence-electron chi connectivity index (χ2n) is 7.34. The molecule has 4 rings (SSSR count). The van der Waals surface area contributed by atoms with Crippen molar-refractivity contribution in [2.24, 2.45) is 0 Å². The quantitative estimate of drug-likeness (QED) is 0.610. The zero-order chi connectivity index (χ0) is 19.7. The van der Waals surface area contributed by atoms with Crippen molar-refractivity contribution >= 4 is 23.4 Å². The topological polar surface area (TPSA) is 76.2 Å². The van der Waals surface area contributed by atoms with Crippen molar-refractivity contribution in [2.45, 2.75) is 31.1 Å². The third kappa shape index (κ3) is 3.25. The lowest BCUT2D eigenvalue weighted by atomic mass is 9.78. The molecule has 1 aliphatic carbocycles. The molecular weight excluding hydrogens is 372 g/mol. The number of anilines is 1. The fourth-order valence-electron chi connectivity index (χ4n) is 4.08. The summed E-state index contributed by atoms with van der Waals surface area (Å²) in [5.41, 5.74) is 9.92. The van der Waals surface area contributed by atoms with E-state index >= 15 is 0 Å². The van der Waals surface area contributed by atoms with E-state index in [0.29, 0.717) is 23.7 Å². The molecule has 0 spiro atoms. The minimum absolute atomic E-state index is 0.457. The number of carboxylic acid groups (broad SMARTS) is 1. The number of nitrogen functional groups attached to an aromatic ring is 1. The first kappa shape index (κ1) is 18.5. The van der Waals surface area contributed by atoms with E-state index < -0.39 is 11.4 Å². The van der Waals surface area contributed by atoms with Gasteiger partial charge < -0.3 is 10.8 Å². The Morgan fingerprint density at radius 3 is 2.18 bits per heavy atom. The van der Waals surface area contributed by atoms with Gasteiger partial charge >= 0.3 is 5.97 Å². The Morgan fingerprint density at radius 1 is 0.964 bits per heavy atom. The molecule has 2 aromatic carbocycles. The van der Waals surface area contributed by atoms with Crippen LogP contribution in [0.4, 0.5) is 5.82 Å². The zero-order valence-electron chi connectivity index (χ0n) is 15.4. The van der Waals surface area contributed by atoms with Gasteiger partial charge in [0.2, 0.25) is 0 Å². The Hall–Kier alpha value is -2.85. The van der Waals surface area contributed by atoms with E-state index in [1.54, 1.807) is 6.20 Å². The summed E-state index contributed by atoms with van der Waals surface area (Å²) in [6, 6.07) is 17.3. The molecule has 3 N–H and O–H groups in total. The fraction of sp³-hybridized carbons (Fsp3) is 0.217. The summed E-state index contributed by atoms with van der Waals surface area (Å²) >= 11 is 5.98. The molecule has 4 nitrogen and oxygen atoms in total. The zero-order valence-corrected chi connectivity index (χ0v) is 16.1. The lowest BCUT2D eigenvalue weighted by molar-refractivity contribution is -0.143. The van der Waals surface area contributed by atoms with Gasteiger partial charge in [-0.05, 0) is 47.7 Å². The maximum absolute atomic E-state index is 11.9. The predicted octanol–water partition coefficient (Wildman–Crippen LogP) is 5.55. The number of carbonyl (C=O) groups is 1. The lowest BCUT2D eigenvalue weighted by Crippen LogP contribution is -2.32. The van der Waals surface area contributed by atoms with Crippen molar-refractivity contribution in [1.82, 2.24) is 4.98 Å². The van der Waals surface area contributed by atoms with Crippen LogP contribution in [-0.4, -0.2) is 16.1 Å². The summed E-state index contributed by atoms with van der Waals surface area (Å²) in [5.74, 6) is -0.268. The molecule has 0 amide bonds. The molecule has 28 heavy (non-hydrogen) atoms. The van der Waals surface area contributed by atoms with Crippen LogP contribution in [0.15, 0.2) is 60.8 Å².